The summed E-state index contributed by atoms with van der Waals surface area (Å²) in [6, 6.07) is 6.26. The van der Waals surface area contributed by atoms with Crippen LogP contribution in [0.1, 0.15) is 0 Å². The maximum absolute atomic E-state index is 11.2. The highest BCUT2D eigenvalue weighted by atomic mass is 32.2. The van der Waals surface area contributed by atoms with Crippen LogP contribution in [0.3, 0.4) is 0 Å². The second-order valence-corrected chi connectivity index (χ2v) is 5.38. The van der Waals surface area contributed by atoms with Gasteiger partial charge in [-0.2, -0.15) is 0 Å². The van der Waals surface area contributed by atoms with E-state index in [0.29, 0.717) is 5.69 Å². The maximum Gasteiger partial charge on any atom is 0.321 e. The average Bonchev–Trinajstić information content (AvgIpc) is 2.63. The Kier molecular flexibility index (Phi) is 2.72. The monoisotopic (exact) mass is 254 g/mol. The third-order valence-corrected chi connectivity index (χ3v) is 3.10. The zero-order valence-corrected chi connectivity index (χ0v) is 9.73. The molecule has 0 saturated heterocycles. The van der Waals surface area contributed by atoms with E-state index in [4.69, 9.17) is 10.2 Å². The van der Waals surface area contributed by atoms with Gasteiger partial charge in [-0.1, -0.05) is 10.2 Å². The third kappa shape index (κ3) is 2.72. The predicted octanol–water partition coefficient (Wildman–Crippen LogP) is 0.799. The number of sulfone groups is 1. The quantitative estimate of drug-likeness (QED) is 0.833. The Morgan fingerprint density at radius 3 is 2.35 bits per heavy atom. The molecule has 0 aliphatic heterocycles. The molecule has 7 nitrogen and oxygen atoms in total. The van der Waals surface area contributed by atoms with Gasteiger partial charge in [-0.3, -0.25) is 0 Å². The van der Waals surface area contributed by atoms with Gasteiger partial charge < -0.3 is 15.5 Å². The van der Waals surface area contributed by atoms with E-state index < -0.39 is 9.84 Å². The number of nitrogens with one attached hydrogen (secondary N) is 1. The molecule has 90 valence electrons. The van der Waals surface area contributed by atoms with Crippen LogP contribution >= 0.6 is 0 Å². The molecule has 3 N–H and O–H groups in total. The molecule has 1 aromatic carbocycles. The van der Waals surface area contributed by atoms with E-state index in [-0.39, 0.29) is 16.9 Å². The summed E-state index contributed by atoms with van der Waals surface area (Å²) in [6.45, 7) is 0. The molecule has 0 atom stereocenters. The first-order chi connectivity index (χ1) is 7.95. The van der Waals surface area contributed by atoms with E-state index in [1.807, 2.05) is 0 Å². The fourth-order valence-electron chi connectivity index (χ4n) is 1.19. The number of hydrogen-bond acceptors (Lipinski definition) is 7. The molecule has 0 spiro atoms. The van der Waals surface area contributed by atoms with Crippen LogP contribution in [0.25, 0.3) is 0 Å². The van der Waals surface area contributed by atoms with Gasteiger partial charge in [-0.25, -0.2) is 8.42 Å². The van der Waals surface area contributed by atoms with Crippen LogP contribution in [0.4, 0.5) is 17.7 Å². The van der Waals surface area contributed by atoms with Gasteiger partial charge in [0.15, 0.2) is 9.84 Å². The molecule has 2 rings (SSSR count). The summed E-state index contributed by atoms with van der Waals surface area (Å²) in [5.41, 5.74) is 5.88. The van der Waals surface area contributed by atoms with E-state index in [2.05, 4.69) is 15.5 Å². The molecule has 17 heavy (non-hydrogen) atoms. The number of aromatic nitrogens is 2. The van der Waals surface area contributed by atoms with Crippen molar-refractivity contribution < 1.29 is 12.8 Å². The van der Waals surface area contributed by atoms with E-state index in [0.717, 1.165) is 6.26 Å². The molecule has 0 saturated carbocycles. The van der Waals surface area contributed by atoms with Crippen molar-refractivity contribution in [1.82, 2.24) is 10.2 Å². The van der Waals surface area contributed by atoms with Crippen LogP contribution < -0.4 is 11.1 Å². The van der Waals surface area contributed by atoms with Crippen molar-refractivity contribution in [2.24, 2.45) is 0 Å². The fraction of sp³-hybridized carbons (Fsp3) is 0.111. The SMILES string of the molecule is CS(=O)(=O)c1ccc(Nc2nnc(N)o2)cc1. The highest BCUT2D eigenvalue weighted by molar-refractivity contribution is 7.90. The van der Waals surface area contributed by atoms with Crippen molar-refractivity contribution in [2.45, 2.75) is 4.90 Å². The summed E-state index contributed by atoms with van der Waals surface area (Å²) in [7, 11) is -3.19. The molecule has 0 aliphatic carbocycles. The number of hydrogen-bond donors (Lipinski definition) is 2. The molecular weight excluding hydrogens is 244 g/mol. The van der Waals surface area contributed by atoms with Gasteiger partial charge in [0.25, 0.3) is 0 Å². The Bertz CT molecular complexity index is 618. The zero-order chi connectivity index (χ0) is 12.5. The maximum atomic E-state index is 11.2. The number of anilines is 3. The van der Waals surface area contributed by atoms with Gasteiger partial charge in [0.05, 0.1) is 4.90 Å². The summed E-state index contributed by atoms with van der Waals surface area (Å²) in [6.07, 6.45) is 1.15. The zero-order valence-electron chi connectivity index (χ0n) is 8.91. The Morgan fingerprint density at radius 2 is 1.88 bits per heavy atom. The van der Waals surface area contributed by atoms with E-state index >= 15 is 0 Å². The molecule has 0 aliphatic rings. The minimum atomic E-state index is -3.19. The van der Waals surface area contributed by atoms with Crippen molar-refractivity contribution in [2.75, 3.05) is 17.3 Å². The lowest BCUT2D eigenvalue weighted by Crippen LogP contribution is -1.97. The molecule has 1 heterocycles. The second kappa shape index (κ2) is 4.06. The molecule has 2 aromatic rings. The summed E-state index contributed by atoms with van der Waals surface area (Å²) in [5, 5.41) is 9.87. The highest BCUT2D eigenvalue weighted by Crippen LogP contribution is 2.18. The average molecular weight is 254 g/mol. The highest BCUT2D eigenvalue weighted by Gasteiger charge is 2.07. The number of nitrogens with zero attached hydrogens (tertiary/aromatic N) is 2. The fourth-order valence-corrected chi connectivity index (χ4v) is 1.82. The molecule has 0 amide bonds. The summed E-state index contributed by atoms with van der Waals surface area (Å²) >= 11 is 0. The second-order valence-electron chi connectivity index (χ2n) is 3.37. The third-order valence-electron chi connectivity index (χ3n) is 1.97. The summed E-state index contributed by atoms with van der Waals surface area (Å²) in [5.74, 6) is 0. The van der Waals surface area contributed by atoms with Gasteiger partial charge in [0.2, 0.25) is 0 Å². The van der Waals surface area contributed by atoms with Gasteiger partial charge in [0.1, 0.15) is 0 Å². The van der Waals surface area contributed by atoms with E-state index in [1.165, 1.54) is 12.1 Å². The minimum Gasteiger partial charge on any atom is -0.389 e. The number of nitrogens with two attached hydrogens (primary N) is 1. The van der Waals surface area contributed by atoms with Crippen molar-refractivity contribution in [3.05, 3.63) is 24.3 Å². The van der Waals surface area contributed by atoms with Crippen molar-refractivity contribution in [3.8, 4) is 0 Å². The summed E-state index contributed by atoms with van der Waals surface area (Å²) in [4.78, 5) is 0.244. The van der Waals surface area contributed by atoms with Crippen LogP contribution in [0.15, 0.2) is 33.6 Å². The van der Waals surface area contributed by atoms with Crippen LogP contribution in [-0.2, 0) is 9.84 Å². The molecule has 0 fully saturated rings. The van der Waals surface area contributed by atoms with Crippen LogP contribution in [0.2, 0.25) is 0 Å². The molecule has 8 heteroatoms. The van der Waals surface area contributed by atoms with Crippen LogP contribution in [0, 0.1) is 0 Å². The Balaban J connectivity index is 2.19. The molecule has 0 unspecified atom stereocenters. The largest absolute Gasteiger partial charge is 0.389 e. The van der Waals surface area contributed by atoms with E-state index in [9.17, 15) is 8.42 Å². The lowest BCUT2D eigenvalue weighted by Gasteiger charge is -2.02. The number of rotatable bonds is 3. The Labute approximate surface area is 97.6 Å². The van der Waals surface area contributed by atoms with Gasteiger partial charge >= 0.3 is 12.0 Å². The molecular formula is C9H10N4O3S. The molecule has 0 radical (unpaired) electrons. The Hall–Kier alpha value is -2.09. The van der Waals surface area contributed by atoms with Crippen molar-refractivity contribution in [3.63, 3.8) is 0 Å². The van der Waals surface area contributed by atoms with Gasteiger partial charge in [-0.15, -0.1) is 0 Å². The topological polar surface area (TPSA) is 111 Å². The number of nitrogen functional groups attached to an aromatic ring is 1. The summed E-state index contributed by atoms with van der Waals surface area (Å²) < 4.78 is 27.4. The lowest BCUT2D eigenvalue weighted by molar-refractivity contribution is 0.593. The normalized spacial score (nSPS) is 11.4. The van der Waals surface area contributed by atoms with Crippen molar-refractivity contribution >= 4 is 27.6 Å². The first-order valence-corrected chi connectivity index (χ1v) is 6.50. The van der Waals surface area contributed by atoms with Crippen LogP contribution in [-0.4, -0.2) is 24.9 Å². The van der Waals surface area contributed by atoms with Crippen LogP contribution in [0.5, 0.6) is 0 Å². The number of benzene rings is 1. The minimum absolute atomic E-state index is 0.0414. The first-order valence-electron chi connectivity index (χ1n) is 4.61. The predicted molar refractivity (Wildman–Crippen MR) is 61.5 cm³/mol. The smallest absolute Gasteiger partial charge is 0.321 e. The molecule has 1 aromatic heterocycles. The first kappa shape index (κ1) is 11.4. The standard InChI is InChI=1S/C9H10N4O3S/c1-17(14,15)7-4-2-6(3-5-7)11-9-13-12-8(10)16-9/h2-5H,1H3,(H2,10,12)(H,11,13). The van der Waals surface area contributed by atoms with E-state index in [1.54, 1.807) is 12.1 Å². The van der Waals surface area contributed by atoms with Gasteiger partial charge in [-0.05, 0) is 24.3 Å². The lowest BCUT2D eigenvalue weighted by atomic mass is 10.3. The van der Waals surface area contributed by atoms with Crippen molar-refractivity contribution in [1.29, 1.82) is 0 Å². The van der Waals surface area contributed by atoms with Gasteiger partial charge in [0, 0.05) is 11.9 Å². The molecule has 0 bridgehead atoms. The Morgan fingerprint density at radius 1 is 1.24 bits per heavy atom.